The number of Topliss-reactive ketones (excluding diaryl/α,β-unsaturated/α-hetero) is 1. The molecule has 0 bridgehead atoms. The summed E-state index contributed by atoms with van der Waals surface area (Å²) in [6.07, 6.45) is 4.96. The number of nitrogens with zero attached hydrogens (tertiary/aromatic N) is 3. The molecule has 0 spiro atoms. The van der Waals surface area contributed by atoms with Gasteiger partial charge in [-0.1, -0.05) is 36.1 Å². The molecule has 0 amide bonds. The van der Waals surface area contributed by atoms with E-state index >= 15 is 0 Å². The van der Waals surface area contributed by atoms with E-state index in [9.17, 15) is 9.90 Å². The Hall–Kier alpha value is -3.03. The Morgan fingerprint density at radius 3 is 3.00 bits per heavy atom. The number of rotatable bonds is 5. The summed E-state index contributed by atoms with van der Waals surface area (Å²) >= 11 is 1.54. The van der Waals surface area contributed by atoms with Gasteiger partial charge in [0.1, 0.15) is 6.10 Å². The van der Waals surface area contributed by atoms with Crippen molar-refractivity contribution in [3.05, 3.63) is 60.4 Å². The fourth-order valence-corrected chi connectivity index (χ4v) is 4.97. The molecule has 2 aromatic heterocycles. The second-order valence-electron chi connectivity index (χ2n) is 7.69. The van der Waals surface area contributed by atoms with Crippen LogP contribution in [-0.4, -0.2) is 37.6 Å². The maximum Gasteiger partial charge on any atom is 0.184 e. The van der Waals surface area contributed by atoms with E-state index in [-0.39, 0.29) is 11.8 Å². The molecule has 7 heteroatoms. The average Bonchev–Trinajstić information content (AvgIpc) is 3.34. The van der Waals surface area contributed by atoms with Crippen molar-refractivity contribution >= 4 is 49.6 Å². The van der Waals surface area contributed by atoms with Crippen LogP contribution in [0.15, 0.2) is 49.3 Å². The normalized spacial score (nSPS) is 19.4. The van der Waals surface area contributed by atoms with Gasteiger partial charge in [0, 0.05) is 6.54 Å². The number of imidazole rings is 1. The maximum absolute atomic E-state index is 12.2. The van der Waals surface area contributed by atoms with Crippen molar-refractivity contribution < 1.29 is 9.90 Å². The molecule has 1 saturated carbocycles. The molecule has 0 saturated heterocycles. The molecule has 6 nitrogen and oxygen atoms in total. The lowest BCUT2D eigenvalue weighted by molar-refractivity contribution is -0.130. The summed E-state index contributed by atoms with van der Waals surface area (Å²) in [6, 6.07) is 12.0. The van der Waals surface area contributed by atoms with Crippen LogP contribution in [0, 0.1) is 0 Å². The summed E-state index contributed by atoms with van der Waals surface area (Å²) in [5.74, 6) is -0.132. The number of nitrogens with one attached hydrogen (secondary N) is 1. The van der Waals surface area contributed by atoms with Crippen molar-refractivity contribution in [2.45, 2.75) is 38.0 Å². The van der Waals surface area contributed by atoms with Crippen molar-refractivity contribution in [3.8, 4) is 0 Å². The highest BCUT2D eigenvalue weighted by atomic mass is 32.1. The van der Waals surface area contributed by atoms with Crippen LogP contribution >= 0.6 is 11.3 Å². The fourth-order valence-electron chi connectivity index (χ4n) is 3.98. The van der Waals surface area contributed by atoms with E-state index in [2.05, 4.69) is 44.6 Å². The van der Waals surface area contributed by atoms with Crippen molar-refractivity contribution in [1.82, 2.24) is 14.5 Å². The van der Waals surface area contributed by atoms with Gasteiger partial charge in [0.25, 0.3) is 0 Å². The maximum atomic E-state index is 12.2. The van der Waals surface area contributed by atoms with Crippen LogP contribution in [0.5, 0.6) is 0 Å². The van der Waals surface area contributed by atoms with E-state index in [1.807, 2.05) is 30.6 Å². The molecule has 1 aliphatic carbocycles. The van der Waals surface area contributed by atoms with Gasteiger partial charge in [0.05, 0.1) is 33.6 Å². The Morgan fingerprint density at radius 1 is 1.23 bits per heavy atom. The Bertz CT molecular complexity index is 1260. The number of aliphatic hydroxyl groups is 1. The van der Waals surface area contributed by atoms with Crippen LogP contribution in [0.25, 0.3) is 27.3 Å². The number of fused-ring (bicyclic) bond motifs is 2. The predicted molar refractivity (Wildman–Crippen MR) is 121 cm³/mol. The van der Waals surface area contributed by atoms with Crippen molar-refractivity contribution in [1.29, 1.82) is 0 Å². The van der Waals surface area contributed by atoms with Gasteiger partial charge in [-0.2, -0.15) is 0 Å². The van der Waals surface area contributed by atoms with Crippen LogP contribution in [0.1, 0.15) is 30.4 Å². The smallest absolute Gasteiger partial charge is 0.184 e. The average molecular weight is 419 g/mol. The van der Waals surface area contributed by atoms with E-state index in [1.165, 1.54) is 11.3 Å². The van der Waals surface area contributed by atoms with Gasteiger partial charge in [-0.25, -0.2) is 9.97 Å². The van der Waals surface area contributed by atoms with Crippen molar-refractivity contribution in [2.75, 3.05) is 5.32 Å². The second-order valence-corrected chi connectivity index (χ2v) is 8.72. The van der Waals surface area contributed by atoms with E-state index in [0.717, 1.165) is 50.4 Å². The van der Waals surface area contributed by atoms with Crippen molar-refractivity contribution in [2.24, 2.45) is 0 Å². The van der Waals surface area contributed by atoms with Crippen LogP contribution in [0.4, 0.5) is 5.13 Å². The van der Waals surface area contributed by atoms with Gasteiger partial charge in [-0.3, -0.25) is 4.79 Å². The summed E-state index contributed by atoms with van der Waals surface area (Å²) in [5, 5.41) is 13.8. The van der Waals surface area contributed by atoms with Crippen LogP contribution < -0.4 is 5.32 Å². The summed E-state index contributed by atoms with van der Waals surface area (Å²) in [7, 11) is 0. The van der Waals surface area contributed by atoms with Gasteiger partial charge >= 0.3 is 0 Å². The molecule has 2 aromatic carbocycles. The number of hydrogen-bond donors (Lipinski definition) is 2. The topological polar surface area (TPSA) is 80.0 Å². The monoisotopic (exact) mass is 418 g/mol. The summed E-state index contributed by atoms with van der Waals surface area (Å²) < 4.78 is 3.20. The van der Waals surface area contributed by atoms with E-state index in [1.54, 1.807) is 0 Å². The first-order valence-electron chi connectivity index (χ1n) is 10.1. The lowest BCUT2D eigenvalue weighted by Crippen LogP contribution is -2.41. The molecular formula is C23H22N4O2S. The lowest BCUT2D eigenvalue weighted by Gasteiger charge is -2.24. The highest BCUT2D eigenvalue weighted by Gasteiger charge is 2.30. The number of ketones is 1. The van der Waals surface area contributed by atoms with Gasteiger partial charge in [-0.15, -0.1) is 0 Å². The third-order valence-corrected chi connectivity index (χ3v) is 6.58. The van der Waals surface area contributed by atoms with Crippen LogP contribution in [-0.2, 0) is 11.3 Å². The van der Waals surface area contributed by atoms with Gasteiger partial charge in [0.2, 0.25) is 0 Å². The molecule has 2 unspecified atom stereocenters. The second kappa shape index (κ2) is 7.66. The minimum Gasteiger partial charge on any atom is -0.385 e. The standard InChI is InChI=1S/C23H22N4O2S/c1-2-14-7-9-19-18(10-14)24-13-27(19)12-15-6-8-16-21(11-15)30-23(25-16)26-17-4-3-5-20(28)22(17)29/h2,6-11,13,17,20,28H,1,3-5,12H2,(H,25,26). The number of aliphatic hydroxyl groups excluding tert-OH is 1. The van der Waals surface area contributed by atoms with Crippen LogP contribution in [0.2, 0.25) is 0 Å². The molecule has 2 N–H and O–H groups in total. The first-order valence-corrected chi connectivity index (χ1v) is 10.9. The molecule has 2 heterocycles. The Balaban J connectivity index is 1.38. The number of aromatic nitrogens is 3. The zero-order valence-electron chi connectivity index (χ0n) is 16.4. The Labute approximate surface area is 177 Å². The van der Waals surface area contributed by atoms with Crippen LogP contribution in [0.3, 0.4) is 0 Å². The highest BCUT2D eigenvalue weighted by Crippen LogP contribution is 2.29. The molecule has 2 atom stereocenters. The van der Waals surface area contributed by atoms with Gasteiger partial charge in [0.15, 0.2) is 10.9 Å². The SMILES string of the molecule is C=Cc1ccc2c(c1)ncn2Cc1ccc2nc(NC3CCCC(O)C3=O)sc2c1. The van der Waals surface area contributed by atoms with Gasteiger partial charge < -0.3 is 15.0 Å². The molecule has 0 radical (unpaired) electrons. The fraction of sp³-hybridized carbons (Fsp3) is 0.261. The summed E-state index contributed by atoms with van der Waals surface area (Å²) in [5.41, 5.74) is 5.16. The summed E-state index contributed by atoms with van der Waals surface area (Å²) in [4.78, 5) is 21.3. The first kappa shape index (κ1) is 19.0. The van der Waals surface area contributed by atoms with E-state index in [4.69, 9.17) is 0 Å². The molecule has 1 aliphatic rings. The number of carbonyl (C=O) groups excluding carboxylic acids is 1. The van der Waals surface area contributed by atoms with E-state index < -0.39 is 6.10 Å². The number of benzene rings is 2. The Kier molecular flexibility index (Phi) is 4.84. The number of thiazole rings is 1. The molecule has 4 aromatic rings. The first-order chi connectivity index (χ1) is 14.6. The molecular weight excluding hydrogens is 396 g/mol. The van der Waals surface area contributed by atoms with Crippen molar-refractivity contribution in [3.63, 3.8) is 0 Å². The Morgan fingerprint density at radius 2 is 2.13 bits per heavy atom. The third-order valence-electron chi connectivity index (χ3n) is 5.63. The lowest BCUT2D eigenvalue weighted by atomic mass is 9.92. The number of hydrogen-bond acceptors (Lipinski definition) is 6. The predicted octanol–water partition coefficient (Wildman–Crippen LogP) is 4.23. The molecule has 5 rings (SSSR count). The molecule has 0 aliphatic heterocycles. The molecule has 30 heavy (non-hydrogen) atoms. The third kappa shape index (κ3) is 3.51. The zero-order chi connectivity index (χ0) is 20.7. The van der Waals surface area contributed by atoms with Gasteiger partial charge in [-0.05, 0) is 54.7 Å². The minimum atomic E-state index is -0.857. The van der Waals surface area contributed by atoms with E-state index in [0.29, 0.717) is 13.0 Å². The minimum absolute atomic E-state index is 0.132. The number of carbonyl (C=O) groups is 1. The number of anilines is 1. The molecule has 1 fully saturated rings. The highest BCUT2D eigenvalue weighted by molar-refractivity contribution is 7.22. The quantitative estimate of drug-likeness (QED) is 0.507. The largest absolute Gasteiger partial charge is 0.385 e. The zero-order valence-corrected chi connectivity index (χ0v) is 17.2. The summed E-state index contributed by atoms with van der Waals surface area (Å²) in [6.45, 7) is 4.53. The molecule has 152 valence electrons.